The maximum absolute atomic E-state index is 11.7. The third-order valence-corrected chi connectivity index (χ3v) is 2.86. The van der Waals surface area contributed by atoms with Gasteiger partial charge in [-0.15, -0.1) is 0 Å². The number of aromatic nitrogens is 2. The number of nitrogens with zero attached hydrogens (tertiary/aromatic N) is 1. The Kier molecular flexibility index (Phi) is 6.39. The van der Waals surface area contributed by atoms with Gasteiger partial charge in [0.05, 0.1) is 0 Å². The number of H-pyrrole nitrogens is 1. The van der Waals surface area contributed by atoms with Crippen LogP contribution in [0.3, 0.4) is 0 Å². The number of rotatable bonds is 7. The summed E-state index contributed by atoms with van der Waals surface area (Å²) in [5, 5.41) is 11.6. The maximum Gasteiger partial charge on any atom is 0.408 e. The quantitative estimate of drug-likeness (QED) is 0.716. The molecule has 22 heavy (non-hydrogen) atoms. The fourth-order valence-corrected chi connectivity index (χ4v) is 1.85. The van der Waals surface area contributed by atoms with E-state index in [-0.39, 0.29) is 6.42 Å². The molecule has 1 aromatic heterocycles. The van der Waals surface area contributed by atoms with Gasteiger partial charge < -0.3 is 20.1 Å². The third kappa shape index (κ3) is 6.60. The van der Waals surface area contributed by atoms with Gasteiger partial charge in [-0.25, -0.2) is 14.6 Å². The number of hydrogen-bond acceptors (Lipinski definition) is 4. The van der Waals surface area contributed by atoms with E-state index in [0.717, 1.165) is 25.1 Å². The average Bonchev–Trinajstić information content (AvgIpc) is 2.80. The first-order valence-corrected chi connectivity index (χ1v) is 7.46. The predicted molar refractivity (Wildman–Crippen MR) is 81.7 cm³/mol. The number of alkyl carbamates (subject to hydrolysis) is 1. The van der Waals surface area contributed by atoms with Gasteiger partial charge in [-0.1, -0.05) is 13.3 Å². The molecule has 7 nitrogen and oxygen atoms in total. The first kappa shape index (κ1) is 18.0. The summed E-state index contributed by atoms with van der Waals surface area (Å²) in [5.41, 5.74) is 0.00334. The lowest BCUT2D eigenvalue weighted by atomic mass is 10.1. The molecule has 0 aliphatic heterocycles. The highest BCUT2D eigenvalue weighted by Gasteiger charge is 2.24. The number of hydrogen-bond donors (Lipinski definition) is 3. The molecule has 0 aliphatic rings. The molecule has 0 aromatic carbocycles. The fraction of sp³-hybridized carbons (Fsp3) is 0.667. The van der Waals surface area contributed by atoms with Crippen LogP contribution in [0.25, 0.3) is 0 Å². The van der Waals surface area contributed by atoms with E-state index in [0.29, 0.717) is 5.69 Å². The summed E-state index contributed by atoms with van der Waals surface area (Å²) in [4.78, 5) is 30.3. The van der Waals surface area contributed by atoms with Gasteiger partial charge in [0.2, 0.25) is 0 Å². The summed E-state index contributed by atoms with van der Waals surface area (Å²) < 4.78 is 5.08. The lowest BCUT2D eigenvalue weighted by Gasteiger charge is -2.21. The second kappa shape index (κ2) is 7.82. The van der Waals surface area contributed by atoms with Crippen molar-refractivity contribution in [3.63, 3.8) is 0 Å². The van der Waals surface area contributed by atoms with Crippen molar-refractivity contribution in [1.29, 1.82) is 0 Å². The molecule has 0 saturated heterocycles. The fourth-order valence-electron chi connectivity index (χ4n) is 1.85. The Labute approximate surface area is 130 Å². The van der Waals surface area contributed by atoms with Crippen molar-refractivity contribution in [3.8, 4) is 0 Å². The Morgan fingerprint density at radius 2 is 2.14 bits per heavy atom. The number of imidazole rings is 1. The number of aliphatic carboxylic acids is 1. The zero-order valence-corrected chi connectivity index (χ0v) is 13.6. The molecular formula is C15H25N3O4. The molecule has 0 spiro atoms. The molecule has 0 radical (unpaired) electrons. The summed E-state index contributed by atoms with van der Waals surface area (Å²) in [5.74, 6) is -0.283. The number of unbranched alkanes of at least 4 members (excludes halogenated alkanes) is 1. The van der Waals surface area contributed by atoms with Crippen molar-refractivity contribution in [2.45, 2.75) is 65.0 Å². The molecule has 1 aromatic rings. The molecule has 0 bridgehead atoms. The summed E-state index contributed by atoms with van der Waals surface area (Å²) >= 11 is 0. The molecular weight excluding hydrogens is 286 g/mol. The van der Waals surface area contributed by atoms with Crippen molar-refractivity contribution < 1.29 is 19.4 Å². The normalized spacial score (nSPS) is 12.7. The molecule has 3 N–H and O–H groups in total. The maximum atomic E-state index is 11.7. The van der Waals surface area contributed by atoms with Crippen LogP contribution >= 0.6 is 0 Å². The number of aromatic amines is 1. The number of carboxylic acid groups (broad SMARTS) is 1. The molecule has 1 atom stereocenters. The van der Waals surface area contributed by atoms with Gasteiger partial charge in [0.25, 0.3) is 0 Å². The van der Waals surface area contributed by atoms with Crippen molar-refractivity contribution >= 4 is 12.1 Å². The van der Waals surface area contributed by atoms with Gasteiger partial charge in [0.15, 0.2) is 0 Å². The molecule has 1 rings (SSSR count). The van der Waals surface area contributed by atoms with Crippen LogP contribution in [0.5, 0.6) is 0 Å². The smallest absolute Gasteiger partial charge is 0.408 e. The molecule has 1 amide bonds. The summed E-state index contributed by atoms with van der Waals surface area (Å²) in [6, 6.07) is -1.06. The number of nitrogens with one attached hydrogen (secondary N) is 2. The SMILES string of the molecule is CCCCc1ncc(CC(NC(=O)OC(C)(C)C)C(=O)O)[nH]1. The molecule has 0 fully saturated rings. The highest BCUT2D eigenvalue weighted by molar-refractivity contribution is 5.80. The van der Waals surface area contributed by atoms with E-state index in [2.05, 4.69) is 22.2 Å². The first-order valence-electron chi connectivity index (χ1n) is 7.46. The Bertz CT molecular complexity index is 505. The minimum Gasteiger partial charge on any atom is -0.480 e. The Morgan fingerprint density at radius 3 is 2.68 bits per heavy atom. The van der Waals surface area contributed by atoms with E-state index in [1.165, 1.54) is 0 Å². The highest BCUT2D eigenvalue weighted by Crippen LogP contribution is 2.09. The van der Waals surface area contributed by atoms with Gasteiger partial charge >= 0.3 is 12.1 Å². The van der Waals surface area contributed by atoms with Gasteiger partial charge in [-0.2, -0.15) is 0 Å². The first-order chi connectivity index (χ1) is 10.2. The van der Waals surface area contributed by atoms with Gasteiger partial charge in [-0.05, 0) is 27.2 Å². The van der Waals surface area contributed by atoms with Crippen molar-refractivity contribution in [1.82, 2.24) is 15.3 Å². The van der Waals surface area contributed by atoms with Crippen LogP contribution in [-0.4, -0.2) is 38.8 Å². The van der Waals surface area contributed by atoms with Gasteiger partial charge in [0, 0.05) is 24.7 Å². The minimum atomic E-state index is -1.12. The van der Waals surface area contributed by atoms with Crippen molar-refractivity contribution in [2.75, 3.05) is 0 Å². The second-order valence-corrected chi connectivity index (χ2v) is 6.20. The average molecular weight is 311 g/mol. The molecule has 124 valence electrons. The standard InChI is InChI=1S/C15H25N3O4/c1-5-6-7-12-16-9-10(17-12)8-11(13(19)20)18-14(21)22-15(2,3)4/h9,11H,5-8H2,1-4H3,(H,16,17)(H,18,21)(H,19,20). The highest BCUT2D eigenvalue weighted by atomic mass is 16.6. The Hall–Kier alpha value is -2.05. The van der Waals surface area contributed by atoms with Crippen LogP contribution in [0.15, 0.2) is 6.20 Å². The third-order valence-electron chi connectivity index (χ3n) is 2.86. The lowest BCUT2D eigenvalue weighted by molar-refractivity contribution is -0.139. The minimum absolute atomic E-state index is 0.133. The number of ether oxygens (including phenoxy) is 1. The molecule has 1 unspecified atom stereocenters. The summed E-state index contributed by atoms with van der Waals surface area (Å²) in [6.45, 7) is 7.25. The second-order valence-electron chi connectivity index (χ2n) is 6.20. The van der Waals surface area contributed by atoms with E-state index in [1.807, 2.05) is 0 Å². The largest absolute Gasteiger partial charge is 0.480 e. The van der Waals surface area contributed by atoms with Gasteiger partial charge in [0.1, 0.15) is 17.5 Å². The summed E-state index contributed by atoms with van der Waals surface area (Å²) in [6.07, 6.45) is 3.91. The number of aryl methyl sites for hydroxylation is 1. The van der Waals surface area contributed by atoms with Crippen molar-refractivity contribution in [2.24, 2.45) is 0 Å². The van der Waals surface area contributed by atoms with Crippen LogP contribution < -0.4 is 5.32 Å². The molecule has 0 aliphatic carbocycles. The van der Waals surface area contributed by atoms with E-state index >= 15 is 0 Å². The summed E-state index contributed by atoms with van der Waals surface area (Å²) in [7, 11) is 0. The Balaban J connectivity index is 2.62. The number of amides is 1. The van der Waals surface area contributed by atoms with Crippen molar-refractivity contribution in [3.05, 3.63) is 17.7 Å². The zero-order chi connectivity index (χ0) is 16.8. The number of carboxylic acids is 1. The number of carbonyl (C=O) groups is 2. The Morgan fingerprint density at radius 1 is 1.45 bits per heavy atom. The van der Waals surface area contributed by atoms with Crippen LogP contribution in [0.2, 0.25) is 0 Å². The number of carbonyl (C=O) groups excluding carboxylic acids is 1. The topological polar surface area (TPSA) is 104 Å². The van der Waals surface area contributed by atoms with E-state index < -0.39 is 23.7 Å². The van der Waals surface area contributed by atoms with E-state index in [9.17, 15) is 14.7 Å². The molecule has 1 heterocycles. The van der Waals surface area contributed by atoms with Crippen LogP contribution in [0.4, 0.5) is 4.79 Å². The monoisotopic (exact) mass is 311 g/mol. The van der Waals surface area contributed by atoms with E-state index in [1.54, 1.807) is 27.0 Å². The van der Waals surface area contributed by atoms with Crippen LogP contribution in [-0.2, 0) is 22.4 Å². The van der Waals surface area contributed by atoms with Crippen LogP contribution in [0, 0.1) is 0 Å². The zero-order valence-electron chi connectivity index (χ0n) is 13.6. The van der Waals surface area contributed by atoms with Crippen LogP contribution in [0.1, 0.15) is 52.1 Å². The van der Waals surface area contributed by atoms with Gasteiger partial charge in [-0.3, -0.25) is 0 Å². The molecule has 0 saturated carbocycles. The van der Waals surface area contributed by atoms with E-state index in [4.69, 9.17) is 4.74 Å². The predicted octanol–water partition coefficient (Wildman–Crippen LogP) is 2.27. The molecule has 7 heteroatoms. The lowest BCUT2D eigenvalue weighted by Crippen LogP contribution is -2.44.